The molecule has 0 saturated carbocycles. The summed E-state index contributed by atoms with van der Waals surface area (Å²) in [4.78, 5) is 24.0. The number of benzene rings is 1. The van der Waals surface area contributed by atoms with E-state index in [4.69, 9.17) is 0 Å². The van der Waals surface area contributed by atoms with Gasteiger partial charge in [-0.2, -0.15) is 0 Å². The highest BCUT2D eigenvalue weighted by Crippen LogP contribution is 2.12. The van der Waals surface area contributed by atoms with Gasteiger partial charge in [0, 0.05) is 44.0 Å². The third-order valence-electron chi connectivity index (χ3n) is 4.36. The monoisotopic (exact) mass is 332 g/mol. The molecule has 1 saturated heterocycles. The summed E-state index contributed by atoms with van der Waals surface area (Å²) in [7, 11) is 0. The molecule has 5 heteroatoms. The Kier molecular flexibility index (Phi) is 6.94. The number of aliphatic hydroxyl groups excluding tert-OH is 1. The Bertz CT molecular complexity index is 554. The van der Waals surface area contributed by atoms with E-state index in [2.05, 4.69) is 24.5 Å². The lowest BCUT2D eigenvalue weighted by molar-refractivity contribution is -0.121. The first-order chi connectivity index (χ1) is 11.5. The minimum atomic E-state index is -0.406. The van der Waals surface area contributed by atoms with E-state index in [0.29, 0.717) is 31.1 Å². The molecule has 132 valence electrons. The molecule has 1 aliphatic rings. The average Bonchev–Trinajstić information content (AvgIpc) is 2.96. The van der Waals surface area contributed by atoms with Crippen LogP contribution in [0.25, 0.3) is 0 Å². The van der Waals surface area contributed by atoms with Crippen LogP contribution in [0.1, 0.15) is 42.6 Å². The van der Waals surface area contributed by atoms with E-state index in [1.807, 2.05) is 24.3 Å². The summed E-state index contributed by atoms with van der Waals surface area (Å²) in [5.41, 5.74) is 1.88. The van der Waals surface area contributed by atoms with Crippen molar-refractivity contribution in [2.45, 2.75) is 39.2 Å². The van der Waals surface area contributed by atoms with Gasteiger partial charge in [0.1, 0.15) is 0 Å². The molecule has 1 heterocycles. The molecule has 0 bridgehead atoms. The molecule has 2 unspecified atom stereocenters. The van der Waals surface area contributed by atoms with Crippen LogP contribution in [0.3, 0.4) is 0 Å². The van der Waals surface area contributed by atoms with Crippen molar-refractivity contribution in [3.63, 3.8) is 0 Å². The lowest BCUT2D eigenvalue weighted by Gasteiger charge is -2.14. The highest BCUT2D eigenvalue weighted by atomic mass is 16.3. The lowest BCUT2D eigenvalue weighted by atomic mass is 9.99. The summed E-state index contributed by atoms with van der Waals surface area (Å²) < 4.78 is 0. The number of β-amino-alcohol motifs (C(OH)–C–C–N with tert-alkyl or cyclic N) is 1. The highest BCUT2D eigenvalue weighted by molar-refractivity contribution is 5.97. The number of amides is 1. The number of aliphatic hydroxyl groups is 1. The Morgan fingerprint density at radius 3 is 2.50 bits per heavy atom. The van der Waals surface area contributed by atoms with Crippen molar-refractivity contribution >= 4 is 11.7 Å². The molecular formula is C19H28N2O3. The number of ketones is 1. The maximum absolute atomic E-state index is 12.2. The van der Waals surface area contributed by atoms with Gasteiger partial charge in [0.25, 0.3) is 0 Å². The van der Waals surface area contributed by atoms with Crippen LogP contribution < -0.4 is 10.6 Å². The van der Waals surface area contributed by atoms with Crippen molar-refractivity contribution < 1.29 is 14.7 Å². The Labute approximate surface area is 143 Å². The highest BCUT2D eigenvalue weighted by Gasteiger charge is 2.25. The second-order valence-electron chi connectivity index (χ2n) is 7.01. The number of carbonyl (C=O) groups excluding carboxylic acids is 2. The molecule has 1 aromatic rings. The van der Waals surface area contributed by atoms with Crippen molar-refractivity contribution in [3.05, 3.63) is 35.4 Å². The fourth-order valence-electron chi connectivity index (χ4n) is 2.93. The van der Waals surface area contributed by atoms with E-state index in [9.17, 15) is 14.7 Å². The molecule has 0 aliphatic carbocycles. The molecular weight excluding hydrogens is 304 g/mol. The van der Waals surface area contributed by atoms with Gasteiger partial charge in [-0.1, -0.05) is 38.1 Å². The predicted molar refractivity (Wildman–Crippen MR) is 93.9 cm³/mol. The third-order valence-corrected chi connectivity index (χ3v) is 4.36. The normalized spacial score (nSPS) is 20.3. The van der Waals surface area contributed by atoms with Crippen LogP contribution in [0.4, 0.5) is 0 Å². The number of carbonyl (C=O) groups is 2. The van der Waals surface area contributed by atoms with Gasteiger partial charge in [-0.15, -0.1) is 0 Å². The van der Waals surface area contributed by atoms with Crippen LogP contribution in [-0.2, 0) is 11.2 Å². The van der Waals surface area contributed by atoms with Crippen molar-refractivity contribution in [1.82, 2.24) is 10.6 Å². The van der Waals surface area contributed by atoms with Crippen LogP contribution in [0.5, 0.6) is 0 Å². The van der Waals surface area contributed by atoms with E-state index in [1.54, 1.807) is 0 Å². The Morgan fingerprint density at radius 1 is 1.21 bits per heavy atom. The second-order valence-corrected chi connectivity index (χ2v) is 7.01. The molecule has 1 fully saturated rings. The first-order valence-electron chi connectivity index (χ1n) is 8.73. The largest absolute Gasteiger partial charge is 0.391 e. The lowest BCUT2D eigenvalue weighted by Crippen LogP contribution is -2.34. The fourth-order valence-corrected chi connectivity index (χ4v) is 2.93. The number of Topliss-reactive ketones (excluding diaryl/α,β-unsaturated/α-hetero) is 1. The maximum Gasteiger partial charge on any atom is 0.220 e. The zero-order valence-corrected chi connectivity index (χ0v) is 14.5. The minimum absolute atomic E-state index is 0.0104. The van der Waals surface area contributed by atoms with Gasteiger partial charge in [-0.05, 0) is 17.9 Å². The molecule has 1 amide bonds. The molecule has 24 heavy (non-hydrogen) atoms. The van der Waals surface area contributed by atoms with Crippen LogP contribution in [0.2, 0.25) is 0 Å². The van der Waals surface area contributed by atoms with E-state index in [-0.39, 0.29) is 30.4 Å². The van der Waals surface area contributed by atoms with Gasteiger partial charge in [-0.25, -0.2) is 0 Å². The number of nitrogens with one attached hydrogen (secondary N) is 2. The summed E-state index contributed by atoms with van der Waals surface area (Å²) in [6.45, 7) is 6.07. The standard InChI is InChI=1S/C19H28N2O3/c1-13(2)9-14-3-5-15(6-4-14)17(22)7-8-19(24)21-11-16-10-20-12-18(16)23/h3-6,13,16,18,20,23H,7-12H2,1-2H3,(H,21,24). The molecule has 0 spiro atoms. The molecule has 0 aromatic heterocycles. The Hall–Kier alpha value is -1.72. The SMILES string of the molecule is CC(C)Cc1ccc(C(=O)CCC(=O)NCC2CNCC2O)cc1. The van der Waals surface area contributed by atoms with Crippen molar-refractivity contribution in [3.8, 4) is 0 Å². The second kappa shape index (κ2) is 8.94. The molecule has 3 N–H and O–H groups in total. The summed E-state index contributed by atoms with van der Waals surface area (Å²) in [6.07, 6.45) is 0.985. The molecule has 1 aliphatic heterocycles. The van der Waals surface area contributed by atoms with Crippen molar-refractivity contribution in [2.75, 3.05) is 19.6 Å². The summed E-state index contributed by atoms with van der Waals surface area (Å²) in [6, 6.07) is 7.67. The number of hydrogen-bond acceptors (Lipinski definition) is 4. The molecule has 2 rings (SSSR count). The molecule has 5 nitrogen and oxygen atoms in total. The van der Waals surface area contributed by atoms with E-state index >= 15 is 0 Å². The summed E-state index contributed by atoms with van der Waals surface area (Å²) >= 11 is 0. The van der Waals surface area contributed by atoms with Crippen LogP contribution in [-0.4, -0.2) is 42.5 Å². The molecule has 0 radical (unpaired) electrons. The molecule has 2 atom stereocenters. The zero-order chi connectivity index (χ0) is 17.5. The van der Waals surface area contributed by atoms with Crippen LogP contribution in [0.15, 0.2) is 24.3 Å². The topological polar surface area (TPSA) is 78.4 Å². The fraction of sp³-hybridized carbons (Fsp3) is 0.579. The van der Waals surface area contributed by atoms with Crippen LogP contribution in [0, 0.1) is 11.8 Å². The van der Waals surface area contributed by atoms with Crippen LogP contribution >= 0.6 is 0 Å². The molecule has 1 aromatic carbocycles. The third kappa shape index (κ3) is 5.73. The average molecular weight is 332 g/mol. The van der Waals surface area contributed by atoms with Crippen molar-refractivity contribution in [2.24, 2.45) is 11.8 Å². The maximum atomic E-state index is 12.2. The Morgan fingerprint density at radius 2 is 1.92 bits per heavy atom. The Balaban J connectivity index is 1.72. The van der Waals surface area contributed by atoms with E-state index in [0.717, 1.165) is 6.42 Å². The first kappa shape index (κ1) is 18.6. The first-order valence-corrected chi connectivity index (χ1v) is 8.73. The zero-order valence-electron chi connectivity index (χ0n) is 14.5. The number of hydrogen-bond donors (Lipinski definition) is 3. The van der Waals surface area contributed by atoms with Gasteiger partial charge < -0.3 is 15.7 Å². The quantitative estimate of drug-likeness (QED) is 0.631. The van der Waals surface area contributed by atoms with Crippen molar-refractivity contribution in [1.29, 1.82) is 0 Å². The minimum Gasteiger partial charge on any atom is -0.391 e. The van der Waals surface area contributed by atoms with Gasteiger partial charge in [0.05, 0.1) is 6.10 Å². The summed E-state index contributed by atoms with van der Waals surface area (Å²) in [5.74, 6) is 0.490. The predicted octanol–water partition coefficient (Wildman–Crippen LogP) is 1.54. The van der Waals surface area contributed by atoms with Gasteiger partial charge in [0.15, 0.2) is 5.78 Å². The summed E-state index contributed by atoms with van der Waals surface area (Å²) in [5, 5.41) is 15.6. The van der Waals surface area contributed by atoms with Gasteiger partial charge in [-0.3, -0.25) is 9.59 Å². The van der Waals surface area contributed by atoms with Gasteiger partial charge >= 0.3 is 0 Å². The number of rotatable bonds is 8. The van der Waals surface area contributed by atoms with Gasteiger partial charge in [0.2, 0.25) is 5.91 Å². The smallest absolute Gasteiger partial charge is 0.220 e. The van der Waals surface area contributed by atoms with E-state index in [1.165, 1.54) is 5.56 Å². The van der Waals surface area contributed by atoms with E-state index < -0.39 is 6.10 Å².